The van der Waals surface area contributed by atoms with Crippen molar-refractivity contribution < 1.29 is 9.90 Å². The first-order valence-electron chi connectivity index (χ1n) is 15.4. The third kappa shape index (κ3) is 3.25. The summed E-state index contributed by atoms with van der Waals surface area (Å²) in [5.41, 5.74) is 3.57. The maximum Gasteiger partial charge on any atom is 0.433 e. The first-order valence-corrected chi connectivity index (χ1v) is 15.4. The van der Waals surface area contributed by atoms with E-state index in [1.165, 1.54) is 63.4 Å². The van der Waals surface area contributed by atoms with Gasteiger partial charge in [-0.2, -0.15) is 4.68 Å². The molecule has 1 aromatic heterocycles. The van der Waals surface area contributed by atoms with Gasteiger partial charge < -0.3 is 5.11 Å². The van der Waals surface area contributed by atoms with Crippen LogP contribution in [-0.4, -0.2) is 26.2 Å². The molecule has 10 atom stereocenters. The predicted octanol–water partition coefficient (Wildman–Crippen LogP) is 8.38. The van der Waals surface area contributed by atoms with Crippen molar-refractivity contribution in [3.05, 3.63) is 31.0 Å². The summed E-state index contributed by atoms with van der Waals surface area (Å²) in [7, 11) is 0. The summed E-state index contributed by atoms with van der Waals surface area (Å²) in [6, 6.07) is 0. The largest absolute Gasteiger partial charge is 0.463 e. The van der Waals surface area contributed by atoms with E-state index >= 15 is 0 Å². The van der Waals surface area contributed by atoms with Gasteiger partial charge in [0.25, 0.3) is 0 Å². The molecule has 1 heterocycles. The molecule has 1 N–H and O–H groups in total. The van der Waals surface area contributed by atoms with Gasteiger partial charge in [0.05, 0.1) is 11.9 Å². The summed E-state index contributed by atoms with van der Waals surface area (Å²) in [6.07, 6.45) is 13.3. The molecule has 209 valence electrons. The van der Waals surface area contributed by atoms with E-state index in [1.807, 2.05) is 0 Å². The van der Waals surface area contributed by atoms with E-state index in [0.29, 0.717) is 34.0 Å². The average molecular weight is 521 g/mol. The summed E-state index contributed by atoms with van der Waals surface area (Å²) < 4.78 is 0.978. The van der Waals surface area contributed by atoms with Gasteiger partial charge in [0.1, 0.15) is 0 Å². The van der Waals surface area contributed by atoms with Gasteiger partial charge in [0.2, 0.25) is 0 Å². The maximum atomic E-state index is 11.5. The third-order valence-electron chi connectivity index (χ3n) is 14.3. The second-order valence-corrected chi connectivity index (χ2v) is 15.8. The quantitative estimate of drug-likeness (QED) is 0.398. The molecule has 0 bridgehead atoms. The Labute approximate surface area is 230 Å². The first kappa shape index (κ1) is 26.6. The molecule has 0 aliphatic heterocycles. The number of hydrogen-bond donors (Lipinski definition) is 1. The smallest absolute Gasteiger partial charge is 0.433 e. The van der Waals surface area contributed by atoms with Gasteiger partial charge in [-0.25, -0.2) is 4.79 Å². The Balaban J connectivity index is 1.33. The van der Waals surface area contributed by atoms with Crippen LogP contribution in [0.25, 0.3) is 0 Å². The first-order chi connectivity index (χ1) is 17.7. The number of fused-ring (bicyclic) bond motifs is 7. The van der Waals surface area contributed by atoms with E-state index in [0.717, 1.165) is 28.6 Å². The van der Waals surface area contributed by atoms with E-state index in [2.05, 4.69) is 58.4 Å². The molecule has 0 aromatic carbocycles. The number of aromatic nitrogens is 3. The van der Waals surface area contributed by atoms with Crippen LogP contribution in [0.3, 0.4) is 0 Å². The lowest BCUT2D eigenvalue weighted by Gasteiger charge is -2.73. The van der Waals surface area contributed by atoms with E-state index < -0.39 is 6.09 Å². The van der Waals surface area contributed by atoms with E-state index in [4.69, 9.17) is 6.92 Å². The summed E-state index contributed by atoms with van der Waals surface area (Å²) in [5.74, 6) is 3.69. The number of hydrogen-bond acceptors (Lipinski definition) is 3. The van der Waals surface area contributed by atoms with Crippen molar-refractivity contribution in [1.29, 1.82) is 0 Å². The number of carbonyl (C=O) groups is 1. The van der Waals surface area contributed by atoms with Crippen LogP contribution in [0.1, 0.15) is 117 Å². The molecule has 5 nitrogen and oxygen atoms in total. The van der Waals surface area contributed by atoms with Gasteiger partial charge in [0.15, 0.2) is 0 Å². The normalized spacial score (nSPS) is 49.3. The molecule has 5 saturated carbocycles. The Morgan fingerprint density at radius 1 is 0.947 bits per heavy atom. The van der Waals surface area contributed by atoms with Crippen molar-refractivity contribution in [1.82, 2.24) is 15.0 Å². The molecule has 5 heteroatoms. The highest BCUT2D eigenvalue weighted by Gasteiger charge is 2.70. The Hall–Kier alpha value is -1.65. The SMILES string of the molecule is [CH2][C@]12CC[C@@H](C(=C)C)[C@@H]1[C@H]1CC[C@@H]3[C@@]4(C)CC[C@H](c5cn(C(=O)O)nn5)C(C)(C)[C@@H]4CC[C@@]3(C)[C@]1(C)CC2. The molecule has 5 aliphatic rings. The summed E-state index contributed by atoms with van der Waals surface area (Å²) in [5, 5.41) is 17.7. The lowest BCUT2D eigenvalue weighted by molar-refractivity contribution is -0.235. The van der Waals surface area contributed by atoms with Gasteiger partial charge >= 0.3 is 6.09 Å². The van der Waals surface area contributed by atoms with E-state index in [9.17, 15) is 9.90 Å². The number of allylic oxidation sites excluding steroid dienone is 1. The van der Waals surface area contributed by atoms with Crippen LogP contribution in [0.5, 0.6) is 0 Å². The van der Waals surface area contributed by atoms with Crippen molar-refractivity contribution in [3.8, 4) is 0 Å². The van der Waals surface area contributed by atoms with Crippen LogP contribution >= 0.6 is 0 Å². The second kappa shape index (κ2) is 8.19. The lowest BCUT2D eigenvalue weighted by Crippen LogP contribution is -2.65. The topological polar surface area (TPSA) is 68.0 Å². The van der Waals surface area contributed by atoms with Crippen molar-refractivity contribution >= 4 is 6.09 Å². The summed E-state index contributed by atoms with van der Waals surface area (Å²) in [4.78, 5) is 11.5. The van der Waals surface area contributed by atoms with Crippen LogP contribution in [0.15, 0.2) is 18.3 Å². The summed E-state index contributed by atoms with van der Waals surface area (Å²) in [6.45, 7) is 24.6. The van der Waals surface area contributed by atoms with Gasteiger partial charge in [-0.05, 0) is 135 Å². The Morgan fingerprint density at radius 2 is 1.68 bits per heavy atom. The molecule has 5 fully saturated rings. The number of nitrogens with zero attached hydrogens (tertiary/aromatic N) is 3. The number of carboxylic acid groups (broad SMARTS) is 1. The molecule has 0 amide bonds. The minimum atomic E-state index is -1.06. The molecule has 0 saturated heterocycles. The summed E-state index contributed by atoms with van der Waals surface area (Å²) >= 11 is 0. The molecular formula is C33H50N3O2. The van der Waals surface area contributed by atoms with Crippen molar-refractivity contribution in [3.63, 3.8) is 0 Å². The monoisotopic (exact) mass is 520 g/mol. The van der Waals surface area contributed by atoms with Crippen LogP contribution in [-0.2, 0) is 0 Å². The van der Waals surface area contributed by atoms with E-state index in [-0.39, 0.29) is 16.7 Å². The predicted molar refractivity (Wildman–Crippen MR) is 151 cm³/mol. The zero-order chi connectivity index (χ0) is 27.5. The molecule has 1 radical (unpaired) electrons. The van der Waals surface area contributed by atoms with Gasteiger partial charge in [-0.15, -0.1) is 5.10 Å². The molecule has 0 unspecified atom stereocenters. The molecule has 5 aliphatic carbocycles. The average Bonchev–Trinajstić information content (AvgIpc) is 3.44. The van der Waals surface area contributed by atoms with Gasteiger partial charge in [-0.3, -0.25) is 0 Å². The Kier molecular flexibility index (Phi) is 5.73. The lowest BCUT2D eigenvalue weighted by atomic mass is 9.32. The van der Waals surface area contributed by atoms with Crippen molar-refractivity contribution in [2.75, 3.05) is 0 Å². The molecule has 1 aromatic rings. The second-order valence-electron chi connectivity index (χ2n) is 15.8. The minimum Gasteiger partial charge on any atom is -0.463 e. The van der Waals surface area contributed by atoms with Crippen LogP contribution in [0.2, 0.25) is 0 Å². The molecule has 6 rings (SSSR count). The van der Waals surface area contributed by atoms with Crippen LogP contribution in [0, 0.1) is 63.6 Å². The highest BCUT2D eigenvalue weighted by atomic mass is 16.4. The van der Waals surface area contributed by atoms with E-state index in [1.54, 1.807) is 6.20 Å². The molecular weight excluding hydrogens is 470 g/mol. The molecule has 38 heavy (non-hydrogen) atoms. The fourth-order valence-electron chi connectivity index (χ4n) is 12.4. The minimum absolute atomic E-state index is 0.0526. The Morgan fingerprint density at radius 3 is 2.34 bits per heavy atom. The van der Waals surface area contributed by atoms with Crippen molar-refractivity contribution in [2.24, 2.45) is 56.7 Å². The van der Waals surface area contributed by atoms with Gasteiger partial charge in [-0.1, -0.05) is 52.0 Å². The highest BCUT2D eigenvalue weighted by molar-refractivity contribution is 5.66. The highest BCUT2D eigenvalue weighted by Crippen LogP contribution is 2.78. The zero-order valence-corrected chi connectivity index (χ0v) is 24.7. The third-order valence-corrected chi connectivity index (χ3v) is 14.3. The van der Waals surface area contributed by atoms with Gasteiger partial charge in [0, 0.05) is 5.92 Å². The van der Waals surface area contributed by atoms with Crippen LogP contribution < -0.4 is 0 Å². The Bertz CT molecular complexity index is 1150. The molecule has 0 spiro atoms. The standard InChI is InChI=1S/C33H50N3O2/c1-20(2)21-11-14-30(5)17-18-32(7)23(27(21)30)9-10-26-31(6)15-12-22(24-19-36(28(37)38)35-34-24)29(3,4)25(31)13-16-33(26,32)8/h19,21-23,25-27H,1,5,9-18H2,2-4,6-8H3,(H,37,38)/t21-,22+,23+,25-,26+,27+,30+,31-,32+,33+/m0/s1. The fourth-order valence-corrected chi connectivity index (χ4v) is 12.4. The zero-order valence-electron chi connectivity index (χ0n) is 24.7. The maximum absolute atomic E-state index is 11.5. The fraction of sp³-hybridized carbons (Fsp3) is 0.818. The van der Waals surface area contributed by atoms with Crippen molar-refractivity contribution in [2.45, 2.75) is 112 Å². The van der Waals surface area contributed by atoms with Crippen LogP contribution in [0.4, 0.5) is 4.79 Å². The number of rotatable bonds is 2.